The van der Waals surface area contributed by atoms with Crippen LogP contribution in [-0.4, -0.2) is 11.8 Å². The van der Waals surface area contributed by atoms with Crippen molar-refractivity contribution < 1.29 is 9.59 Å². The molecule has 2 N–H and O–H groups in total. The summed E-state index contributed by atoms with van der Waals surface area (Å²) < 4.78 is 0. The highest BCUT2D eigenvalue weighted by Gasteiger charge is 2.15. The van der Waals surface area contributed by atoms with Gasteiger partial charge in [0.2, 0.25) is 11.8 Å². The fourth-order valence-corrected chi connectivity index (χ4v) is 1.75. The fourth-order valence-electron chi connectivity index (χ4n) is 1.75. The van der Waals surface area contributed by atoms with Crippen molar-refractivity contribution in [2.24, 2.45) is 0 Å². The highest BCUT2D eigenvalue weighted by atomic mass is 16.2. The first-order chi connectivity index (χ1) is 8.19. The molecule has 1 aromatic carbocycles. The van der Waals surface area contributed by atoms with Gasteiger partial charge in [-0.15, -0.1) is 0 Å². The highest BCUT2D eigenvalue weighted by molar-refractivity contribution is 5.92. The Kier molecular flexibility index (Phi) is 3.06. The molecule has 2 rings (SSSR count). The summed E-state index contributed by atoms with van der Waals surface area (Å²) in [5.74, 6) is -0.356. The van der Waals surface area contributed by atoms with Crippen molar-refractivity contribution in [3.63, 3.8) is 0 Å². The summed E-state index contributed by atoms with van der Waals surface area (Å²) in [7, 11) is 0. The number of nitrogens with one attached hydrogen (secondary N) is 2. The van der Waals surface area contributed by atoms with Crippen LogP contribution >= 0.6 is 0 Å². The number of rotatable bonds is 2. The lowest BCUT2D eigenvalue weighted by Gasteiger charge is -2.17. The summed E-state index contributed by atoms with van der Waals surface area (Å²) >= 11 is 0. The number of amides is 2. The second kappa shape index (κ2) is 4.66. The average Bonchev–Trinajstić information content (AvgIpc) is 2.28. The zero-order valence-corrected chi connectivity index (χ0v) is 9.12. The van der Waals surface area contributed by atoms with Gasteiger partial charge in [0.1, 0.15) is 6.42 Å². The van der Waals surface area contributed by atoms with E-state index in [1.165, 1.54) is 0 Å². The molecule has 0 fully saturated rings. The van der Waals surface area contributed by atoms with E-state index in [1.54, 1.807) is 18.2 Å². The quantitative estimate of drug-likeness (QED) is 0.783. The number of carbonyl (C=O) groups excluding carboxylic acids is 2. The summed E-state index contributed by atoms with van der Waals surface area (Å²) in [6.07, 6.45) is 0.162. The molecule has 5 heteroatoms. The SMILES string of the molecule is N#CCC(=O)Nc1ccc2c(c1)CC(=O)NC2. The minimum atomic E-state index is -0.340. The monoisotopic (exact) mass is 229 g/mol. The molecular formula is C12H11N3O2. The molecule has 86 valence electrons. The third-order valence-corrected chi connectivity index (χ3v) is 2.56. The van der Waals surface area contributed by atoms with E-state index >= 15 is 0 Å². The maximum absolute atomic E-state index is 11.2. The number of hydrogen-bond donors (Lipinski definition) is 2. The number of nitrogens with zero attached hydrogens (tertiary/aromatic N) is 1. The minimum absolute atomic E-state index is 0.0157. The molecule has 1 aliphatic rings. The lowest BCUT2D eigenvalue weighted by Crippen LogP contribution is -2.30. The zero-order valence-electron chi connectivity index (χ0n) is 9.12. The predicted octanol–water partition coefficient (Wildman–Crippen LogP) is 0.711. The molecule has 0 saturated heterocycles. The van der Waals surface area contributed by atoms with Gasteiger partial charge in [-0.05, 0) is 23.3 Å². The van der Waals surface area contributed by atoms with Crippen molar-refractivity contribution in [1.82, 2.24) is 5.32 Å². The third-order valence-electron chi connectivity index (χ3n) is 2.56. The van der Waals surface area contributed by atoms with Gasteiger partial charge in [-0.1, -0.05) is 6.07 Å². The maximum Gasteiger partial charge on any atom is 0.238 e. The van der Waals surface area contributed by atoms with E-state index in [0.29, 0.717) is 18.7 Å². The van der Waals surface area contributed by atoms with Gasteiger partial charge in [0.05, 0.1) is 12.5 Å². The molecule has 0 bridgehead atoms. The number of anilines is 1. The molecule has 1 aromatic rings. The van der Waals surface area contributed by atoms with Crippen LogP contribution in [0.5, 0.6) is 0 Å². The Morgan fingerprint density at radius 1 is 1.47 bits per heavy atom. The number of carbonyl (C=O) groups is 2. The van der Waals surface area contributed by atoms with Crippen molar-refractivity contribution >= 4 is 17.5 Å². The van der Waals surface area contributed by atoms with Crippen LogP contribution in [0.15, 0.2) is 18.2 Å². The molecular weight excluding hydrogens is 218 g/mol. The van der Waals surface area contributed by atoms with Crippen LogP contribution in [0.1, 0.15) is 17.5 Å². The molecule has 0 unspecified atom stereocenters. The summed E-state index contributed by atoms with van der Waals surface area (Å²) in [6.45, 7) is 0.528. The van der Waals surface area contributed by atoms with Crippen LogP contribution in [-0.2, 0) is 22.6 Å². The Hall–Kier alpha value is -2.35. The summed E-state index contributed by atoms with van der Waals surface area (Å²) in [6, 6.07) is 7.20. The van der Waals surface area contributed by atoms with Gasteiger partial charge < -0.3 is 10.6 Å². The Bertz CT molecular complexity index is 517. The topological polar surface area (TPSA) is 82.0 Å². The molecule has 2 amide bonds. The van der Waals surface area contributed by atoms with E-state index in [9.17, 15) is 9.59 Å². The van der Waals surface area contributed by atoms with Crippen molar-refractivity contribution in [3.8, 4) is 6.07 Å². The second-order valence-electron chi connectivity index (χ2n) is 3.82. The number of fused-ring (bicyclic) bond motifs is 1. The first kappa shape index (κ1) is 11.1. The van der Waals surface area contributed by atoms with Crippen LogP contribution < -0.4 is 10.6 Å². The second-order valence-corrected chi connectivity index (χ2v) is 3.82. The number of hydrogen-bond acceptors (Lipinski definition) is 3. The van der Waals surface area contributed by atoms with Gasteiger partial charge in [0.25, 0.3) is 0 Å². The van der Waals surface area contributed by atoms with Crippen LogP contribution in [0.3, 0.4) is 0 Å². The number of nitriles is 1. The van der Waals surface area contributed by atoms with Crippen LogP contribution in [0.4, 0.5) is 5.69 Å². The van der Waals surface area contributed by atoms with Gasteiger partial charge in [-0.3, -0.25) is 9.59 Å². The molecule has 0 radical (unpaired) electrons. The van der Waals surface area contributed by atoms with Crippen molar-refractivity contribution in [2.75, 3.05) is 5.32 Å². The van der Waals surface area contributed by atoms with E-state index in [-0.39, 0.29) is 18.2 Å². The molecule has 0 atom stereocenters. The van der Waals surface area contributed by atoms with Crippen LogP contribution in [0, 0.1) is 11.3 Å². The Balaban J connectivity index is 2.16. The molecule has 0 aromatic heterocycles. The van der Waals surface area contributed by atoms with E-state index in [2.05, 4.69) is 10.6 Å². The van der Waals surface area contributed by atoms with Crippen molar-refractivity contribution in [2.45, 2.75) is 19.4 Å². The summed E-state index contributed by atoms with van der Waals surface area (Å²) in [5.41, 5.74) is 2.60. The molecule has 5 nitrogen and oxygen atoms in total. The maximum atomic E-state index is 11.2. The molecule has 1 heterocycles. The fraction of sp³-hybridized carbons (Fsp3) is 0.250. The largest absolute Gasteiger partial charge is 0.352 e. The standard InChI is InChI=1S/C12H11N3O2/c13-4-3-11(16)15-10-2-1-8-7-14-12(17)6-9(8)5-10/h1-2,5H,3,6-7H2,(H,14,17)(H,15,16). The molecule has 0 aliphatic carbocycles. The van der Waals surface area contributed by atoms with Gasteiger partial charge >= 0.3 is 0 Å². The normalized spacial score (nSPS) is 13.2. The third kappa shape index (κ3) is 2.61. The van der Waals surface area contributed by atoms with E-state index in [1.807, 2.05) is 6.07 Å². The van der Waals surface area contributed by atoms with Crippen molar-refractivity contribution in [1.29, 1.82) is 5.26 Å². The molecule has 17 heavy (non-hydrogen) atoms. The molecule has 0 saturated carbocycles. The zero-order chi connectivity index (χ0) is 12.3. The van der Waals surface area contributed by atoms with Gasteiger partial charge in [0.15, 0.2) is 0 Å². The Labute approximate surface area is 98.4 Å². The Morgan fingerprint density at radius 2 is 2.29 bits per heavy atom. The first-order valence-corrected chi connectivity index (χ1v) is 5.24. The highest BCUT2D eigenvalue weighted by Crippen LogP contribution is 2.19. The van der Waals surface area contributed by atoms with Crippen molar-refractivity contribution in [3.05, 3.63) is 29.3 Å². The summed E-state index contributed by atoms with van der Waals surface area (Å²) in [4.78, 5) is 22.5. The minimum Gasteiger partial charge on any atom is -0.352 e. The number of benzene rings is 1. The Morgan fingerprint density at radius 3 is 3.06 bits per heavy atom. The van der Waals surface area contributed by atoms with E-state index in [4.69, 9.17) is 5.26 Å². The van der Waals surface area contributed by atoms with E-state index in [0.717, 1.165) is 11.1 Å². The smallest absolute Gasteiger partial charge is 0.238 e. The lowest BCUT2D eigenvalue weighted by atomic mass is 10.00. The van der Waals surface area contributed by atoms with Gasteiger partial charge in [0, 0.05) is 12.2 Å². The average molecular weight is 229 g/mol. The predicted molar refractivity (Wildman–Crippen MR) is 60.9 cm³/mol. The van der Waals surface area contributed by atoms with Gasteiger partial charge in [-0.2, -0.15) is 5.26 Å². The van der Waals surface area contributed by atoms with Gasteiger partial charge in [-0.25, -0.2) is 0 Å². The summed E-state index contributed by atoms with van der Waals surface area (Å²) in [5, 5.41) is 13.7. The van der Waals surface area contributed by atoms with E-state index < -0.39 is 0 Å². The van der Waals surface area contributed by atoms with Crippen LogP contribution in [0.25, 0.3) is 0 Å². The molecule has 1 aliphatic heterocycles. The lowest BCUT2D eigenvalue weighted by molar-refractivity contribution is -0.121. The van der Waals surface area contributed by atoms with Crippen LogP contribution in [0.2, 0.25) is 0 Å². The molecule has 0 spiro atoms. The first-order valence-electron chi connectivity index (χ1n) is 5.24.